The quantitative estimate of drug-likeness (QED) is 0.556. The van der Waals surface area contributed by atoms with Gasteiger partial charge in [-0.15, -0.1) is 0 Å². The van der Waals surface area contributed by atoms with Gasteiger partial charge in [-0.1, -0.05) is 33.6 Å². The second-order valence-corrected chi connectivity index (χ2v) is 8.12. The SMILES string of the molecule is CCOc1cc(Br)c(/C=C2/SC(=Nc3cccc(Cl)c3C)NC2=O)cc1OC. The van der Waals surface area contributed by atoms with Crippen molar-refractivity contribution in [3.63, 3.8) is 0 Å². The molecule has 0 unspecified atom stereocenters. The maximum absolute atomic E-state index is 12.4. The Bertz CT molecular complexity index is 992. The fourth-order valence-corrected chi connectivity index (χ4v) is 3.97. The highest BCUT2D eigenvalue weighted by Gasteiger charge is 2.24. The summed E-state index contributed by atoms with van der Waals surface area (Å²) in [5.74, 6) is 1.04. The van der Waals surface area contributed by atoms with Crippen LogP contribution in [-0.2, 0) is 4.79 Å². The lowest BCUT2D eigenvalue weighted by Gasteiger charge is -2.11. The molecule has 1 amide bonds. The zero-order chi connectivity index (χ0) is 20.3. The number of amides is 1. The van der Waals surface area contributed by atoms with Gasteiger partial charge in [0, 0.05) is 9.50 Å². The van der Waals surface area contributed by atoms with Crippen LogP contribution < -0.4 is 14.8 Å². The van der Waals surface area contributed by atoms with E-state index in [2.05, 4.69) is 26.2 Å². The van der Waals surface area contributed by atoms with Crippen LogP contribution in [0.3, 0.4) is 0 Å². The number of rotatable bonds is 5. The van der Waals surface area contributed by atoms with Gasteiger partial charge in [0.15, 0.2) is 16.7 Å². The third-order valence-electron chi connectivity index (χ3n) is 3.98. The van der Waals surface area contributed by atoms with Crippen LogP contribution >= 0.6 is 39.3 Å². The van der Waals surface area contributed by atoms with Crippen LogP contribution in [0, 0.1) is 6.92 Å². The number of hydrogen-bond donors (Lipinski definition) is 1. The van der Waals surface area contributed by atoms with E-state index in [1.54, 1.807) is 13.2 Å². The van der Waals surface area contributed by atoms with Crippen LogP contribution in [-0.4, -0.2) is 24.8 Å². The number of carbonyl (C=O) groups excluding carboxylic acids is 1. The minimum Gasteiger partial charge on any atom is -0.493 e. The molecule has 3 rings (SSSR count). The Hall–Kier alpha value is -1.96. The van der Waals surface area contributed by atoms with Crippen molar-refractivity contribution in [3.8, 4) is 11.5 Å². The first-order valence-corrected chi connectivity index (χ1v) is 10.5. The highest BCUT2D eigenvalue weighted by molar-refractivity contribution is 9.10. The smallest absolute Gasteiger partial charge is 0.264 e. The molecule has 28 heavy (non-hydrogen) atoms. The summed E-state index contributed by atoms with van der Waals surface area (Å²) >= 11 is 10.9. The Morgan fingerprint density at radius 3 is 2.82 bits per heavy atom. The average molecular weight is 482 g/mol. The third kappa shape index (κ3) is 4.54. The lowest BCUT2D eigenvalue weighted by Crippen LogP contribution is -2.19. The maximum atomic E-state index is 12.4. The number of thioether (sulfide) groups is 1. The fourth-order valence-electron chi connectivity index (χ4n) is 2.54. The molecule has 8 heteroatoms. The van der Waals surface area contributed by atoms with Gasteiger partial charge in [-0.2, -0.15) is 0 Å². The molecule has 1 N–H and O–H groups in total. The molecule has 0 aliphatic carbocycles. The molecule has 0 saturated carbocycles. The Balaban J connectivity index is 1.91. The Morgan fingerprint density at radius 1 is 1.32 bits per heavy atom. The number of benzene rings is 2. The van der Waals surface area contributed by atoms with Gasteiger partial charge < -0.3 is 14.8 Å². The molecular formula is C20H18BrClN2O3S. The van der Waals surface area contributed by atoms with Gasteiger partial charge >= 0.3 is 0 Å². The Labute approximate surface area is 181 Å². The highest BCUT2D eigenvalue weighted by atomic mass is 79.9. The first kappa shape index (κ1) is 20.8. The number of amidine groups is 1. The molecule has 0 bridgehead atoms. The zero-order valence-electron chi connectivity index (χ0n) is 15.5. The number of nitrogens with zero attached hydrogens (tertiary/aromatic N) is 1. The predicted molar refractivity (Wildman–Crippen MR) is 119 cm³/mol. The number of ether oxygens (including phenoxy) is 2. The first-order valence-electron chi connectivity index (χ1n) is 8.48. The number of aliphatic imine (C=N–C) groups is 1. The van der Waals surface area contributed by atoms with Crippen molar-refractivity contribution in [2.24, 2.45) is 4.99 Å². The average Bonchev–Trinajstić information content (AvgIpc) is 3.00. The van der Waals surface area contributed by atoms with Crippen LogP contribution in [0.25, 0.3) is 6.08 Å². The van der Waals surface area contributed by atoms with Gasteiger partial charge in [-0.25, -0.2) is 4.99 Å². The van der Waals surface area contributed by atoms with Crippen molar-refractivity contribution >= 4 is 62.1 Å². The van der Waals surface area contributed by atoms with Crippen molar-refractivity contribution in [3.05, 3.63) is 55.9 Å². The van der Waals surface area contributed by atoms with E-state index in [1.165, 1.54) is 11.8 Å². The molecule has 2 aromatic rings. The van der Waals surface area contributed by atoms with E-state index in [0.717, 1.165) is 21.3 Å². The minimum atomic E-state index is -0.205. The third-order valence-corrected chi connectivity index (χ3v) is 5.99. The van der Waals surface area contributed by atoms with Gasteiger partial charge in [0.1, 0.15) is 0 Å². The van der Waals surface area contributed by atoms with E-state index in [-0.39, 0.29) is 5.91 Å². The second kappa shape index (κ2) is 9.03. The lowest BCUT2D eigenvalue weighted by atomic mass is 10.2. The lowest BCUT2D eigenvalue weighted by molar-refractivity contribution is -0.115. The maximum Gasteiger partial charge on any atom is 0.264 e. The number of nitrogens with one attached hydrogen (secondary N) is 1. The molecule has 146 valence electrons. The minimum absolute atomic E-state index is 0.205. The normalized spacial score (nSPS) is 16.5. The summed E-state index contributed by atoms with van der Waals surface area (Å²) in [6.07, 6.45) is 1.79. The number of carbonyl (C=O) groups is 1. The summed E-state index contributed by atoms with van der Waals surface area (Å²) in [6.45, 7) is 4.33. The molecule has 1 aliphatic heterocycles. The van der Waals surface area contributed by atoms with Crippen LogP contribution in [0.15, 0.2) is 44.7 Å². The summed E-state index contributed by atoms with van der Waals surface area (Å²) in [7, 11) is 1.58. The summed E-state index contributed by atoms with van der Waals surface area (Å²) in [4.78, 5) is 17.4. The van der Waals surface area contributed by atoms with E-state index in [1.807, 2.05) is 44.2 Å². The van der Waals surface area contributed by atoms with Crippen molar-refractivity contribution in [1.29, 1.82) is 0 Å². The van der Waals surface area contributed by atoms with Crippen LogP contribution in [0.2, 0.25) is 5.02 Å². The van der Waals surface area contributed by atoms with Gasteiger partial charge in [-0.05, 0) is 67.1 Å². The fraction of sp³-hybridized carbons (Fsp3) is 0.200. The van der Waals surface area contributed by atoms with E-state index < -0.39 is 0 Å². The van der Waals surface area contributed by atoms with Crippen molar-refractivity contribution in [2.45, 2.75) is 13.8 Å². The van der Waals surface area contributed by atoms with Crippen LogP contribution in [0.1, 0.15) is 18.1 Å². The summed E-state index contributed by atoms with van der Waals surface area (Å²) in [5, 5.41) is 3.94. The molecule has 1 fully saturated rings. The molecule has 0 radical (unpaired) electrons. The van der Waals surface area contributed by atoms with Gasteiger partial charge in [0.25, 0.3) is 5.91 Å². The largest absolute Gasteiger partial charge is 0.493 e. The highest BCUT2D eigenvalue weighted by Crippen LogP contribution is 2.37. The summed E-state index contributed by atoms with van der Waals surface area (Å²) in [6, 6.07) is 9.15. The molecule has 0 spiro atoms. The van der Waals surface area contributed by atoms with E-state index in [4.69, 9.17) is 21.1 Å². The molecule has 0 aromatic heterocycles. The van der Waals surface area contributed by atoms with Gasteiger partial charge in [0.2, 0.25) is 0 Å². The van der Waals surface area contributed by atoms with Gasteiger partial charge in [-0.3, -0.25) is 4.79 Å². The second-order valence-electron chi connectivity index (χ2n) is 5.82. The van der Waals surface area contributed by atoms with Crippen LogP contribution in [0.4, 0.5) is 5.69 Å². The van der Waals surface area contributed by atoms with Gasteiger partial charge in [0.05, 0.1) is 24.3 Å². The molecule has 0 atom stereocenters. The predicted octanol–water partition coefficient (Wildman–Crippen LogP) is 5.71. The molecule has 1 saturated heterocycles. The Kier molecular flexibility index (Phi) is 6.69. The van der Waals surface area contributed by atoms with Crippen molar-refractivity contribution in [1.82, 2.24) is 5.32 Å². The monoisotopic (exact) mass is 480 g/mol. The number of methoxy groups -OCH3 is 1. The summed E-state index contributed by atoms with van der Waals surface area (Å²) in [5.41, 5.74) is 2.39. The number of hydrogen-bond acceptors (Lipinski definition) is 5. The Morgan fingerprint density at radius 2 is 2.11 bits per heavy atom. The van der Waals surface area contributed by atoms with E-state index in [0.29, 0.717) is 33.2 Å². The van der Waals surface area contributed by atoms with Crippen molar-refractivity contribution in [2.75, 3.05) is 13.7 Å². The molecule has 1 heterocycles. The standard InChI is InChI=1S/C20H18BrClN2O3S/c1-4-27-17-10-13(21)12(8-16(17)26-3)9-18-19(25)24-20(28-18)23-15-7-5-6-14(22)11(15)2/h5-10H,4H2,1-3H3,(H,23,24,25)/b18-9+. The molecule has 5 nitrogen and oxygen atoms in total. The topological polar surface area (TPSA) is 59.9 Å². The van der Waals surface area contributed by atoms with Crippen molar-refractivity contribution < 1.29 is 14.3 Å². The molecule has 1 aliphatic rings. The summed E-state index contributed by atoms with van der Waals surface area (Å²) < 4.78 is 11.8. The van der Waals surface area contributed by atoms with Crippen LogP contribution in [0.5, 0.6) is 11.5 Å². The zero-order valence-corrected chi connectivity index (χ0v) is 18.7. The van der Waals surface area contributed by atoms with E-state index in [9.17, 15) is 4.79 Å². The van der Waals surface area contributed by atoms with E-state index >= 15 is 0 Å². The number of halogens is 2. The first-order chi connectivity index (χ1) is 13.4. The molecular weight excluding hydrogens is 464 g/mol. The molecule has 2 aromatic carbocycles.